The largest absolute Gasteiger partial charge is 0.391 e. The van der Waals surface area contributed by atoms with Crippen LogP contribution >= 0.6 is 0 Å². The van der Waals surface area contributed by atoms with Crippen LogP contribution in [0.1, 0.15) is 12.8 Å². The van der Waals surface area contributed by atoms with Crippen LogP contribution in [0.25, 0.3) is 0 Å². The lowest BCUT2D eigenvalue weighted by molar-refractivity contribution is -0.130. The summed E-state index contributed by atoms with van der Waals surface area (Å²) in [5.41, 5.74) is 0. The van der Waals surface area contributed by atoms with Crippen molar-refractivity contribution in [2.24, 2.45) is 0 Å². The lowest BCUT2D eigenvalue weighted by Crippen LogP contribution is -2.47. The molecule has 7 heteroatoms. The molecule has 2 rings (SSSR count). The fraction of sp³-hybridized carbons (Fsp3) is 0.900. The highest BCUT2D eigenvalue weighted by Gasteiger charge is 2.30. The molecule has 98 valence electrons. The lowest BCUT2D eigenvalue weighted by Gasteiger charge is -2.25. The molecule has 2 atom stereocenters. The first-order valence-corrected chi connectivity index (χ1v) is 7.68. The van der Waals surface area contributed by atoms with Crippen molar-refractivity contribution in [3.63, 3.8) is 0 Å². The van der Waals surface area contributed by atoms with Crippen molar-refractivity contribution in [2.75, 3.05) is 31.1 Å². The number of hydrogen-bond acceptors (Lipinski definition) is 5. The molecule has 2 aliphatic rings. The van der Waals surface area contributed by atoms with E-state index in [0.29, 0.717) is 26.1 Å². The molecule has 17 heavy (non-hydrogen) atoms. The van der Waals surface area contributed by atoms with Crippen LogP contribution in [0.4, 0.5) is 0 Å². The van der Waals surface area contributed by atoms with Crippen LogP contribution in [0.3, 0.4) is 0 Å². The Morgan fingerprint density at radius 1 is 1.47 bits per heavy atom. The maximum Gasteiger partial charge on any atom is 0.224 e. The van der Waals surface area contributed by atoms with Gasteiger partial charge in [0.1, 0.15) is 0 Å². The topological polar surface area (TPSA) is 86.7 Å². The number of likely N-dealkylation sites (tertiary alicyclic amines) is 1. The van der Waals surface area contributed by atoms with Crippen molar-refractivity contribution in [1.29, 1.82) is 0 Å². The number of carbonyl (C=O) groups is 1. The molecule has 1 unspecified atom stereocenters. The van der Waals surface area contributed by atoms with Gasteiger partial charge in [0.25, 0.3) is 0 Å². The van der Waals surface area contributed by atoms with Gasteiger partial charge < -0.3 is 15.3 Å². The normalized spacial score (nSPS) is 32.6. The average molecular weight is 262 g/mol. The highest BCUT2D eigenvalue weighted by Crippen LogP contribution is 2.13. The van der Waals surface area contributed by atoms with E-state index in [1.165, 1.54) is 0 Å². The molecule has 2 heterocycles. The average Bonchev–Trinajstić information content (AvgIpc) is 2.63. The van der Waals surface area contributed by atoms with E-state index in [2.05, 4.69) is 5.32 Å². The molecule has 0 radical (unpaired) electrons. The minimum atomic E-state index is -2.99. The van der Waals surface area contributed by atoms with E-state index in [9.17, 15) is 18.3 Å². The minimum Gasteiger partial charge on any atom is -0.391 e. The number of carbonyl (C=O) groups excluding carboxylic acids is 1. The lowest BCUT2D eigenvalue weighted by atomic mass is 10.2. The molecule has 1 amide bonds. The number of aliphatic hydroxyl groups is 1. The van der Waals surface area contributed by atoms with Gasteiger partial charge in [0.15, 0.2) is 9.84 Å². The molecule has 0 saturated carbocycles. The van der Waals surface area contributed by atoms with E-state index in [-0.39, 0.29) is 29.9 Å². The molecule has 0 bridgehead atoms. The number of nitrogens with one attached hydrogen (secondary N) is 1. The van der Waals surface area contributed by atoms with Crippen LogP contribution in [-0.4, -0.2) is 67.6 Å². The molecule has 0 aliphatic carbocycles. The van der Waals surface area contributed by atoms with Crippen LogP contribution < -0.4 is 5.32 Å². The van der Waals surface area contributed by atoms with Gasteiger partial charge in [-0.15, -0.1) is 0 Å². The zero-order valence-electron chi connectivity index (χ0n) is 9.63. The second-order valence-corrected chi connectivity index (χ2v) is 6.98. The first-order valence-electron chi connectivity index (χ1n) is 5.86. The Bertz CT molecular complexity index is 395. The highest BCUT2D eigenvalue weighted by atomic mass is 32.2. The SMILES string of the molecule is O=C(CC1CS(=O)(=O)CCN1)N1CC[C@@H](O)C1. The quantitative estimate of drug-likeness (QED) is 0.623. The number of sulfone groups is 1. The first-order chi connectivity index (χ1) is 7.96. The van der Waals surface area contributed by atoms with Crippen LogP contribution in [0.2, 0.25) is 0 Å². The third-order valence-electron chi connectivity index (χ3n) is 3.24. The third-order valence-corrected chi connectivity index (χ3v) is 4.97. The van der Waals surface area contributed by atoms with Gasteiger partial charge in [-0.05, 0) is 6.42 Å². The summed E-state index contributed by atoms with van der Waals surface area (Å²) in [5, 5.41) is 12.4. The van der Waals surface area contributed by atoms with Gasteiger partial charge in [0, 0.05) is 32.1 Å². The predicted molar refractivity (Wildman–Crippen MR) is 62.3 cm³/mol. The van der Waals surface area contributed by atoms with Crippen LogP contribution in [0.5, 0.6) is 0 Å². The van der Waals surface area contributed by atoms with Crippen LogP contribution in [0.15, 0.2) is 0 Å². The Labute approximate surface area is 101 Å². The fourth-order valence-electron chi connectivity index (χ4n) is 2.31. The molecule has 0 spiro atoms. The van der Waals surface area contributed by atoms with E-state index in [1.54, 1.807) is 4.90 Å². The number of hydrogen-bond donors (Lipinski definition) is 2. The number of amides is 1. The van der Waals surface area contributed by atoms with E-state index in [4.69, 9.17) is 0 Å². The Kier molecular flexibility index (Phi) is 3.70. The van der Waals surface area contributed by atoms with Crippen LogP contribution in [-0.2, 0) is 14.6 Å². The van der Waals surface area contributed by atoms with Crippen molar-refractivity contribution < 1.29 is 18.3 Å². The van der Waals surface area contributed by atoms with Gasteiger partial charge in [0.05, 0.1) is 17.6 Å². The summed E-state index contributed by atoms with van der Waals surface area (Å²) in [6.07, 6.45) is 0.385. The maximum absolute atomic E-state index is 11.9. The predicted octanol–water partition coefficient (Wildman–Crippen LogP) is -1.64. The molecule has 2 saturated heterocycles. The number of rotatable bonds is 2. The molecular formula is C10H18N2O4S. The molecule has 0 aromatic carbocycles. The Hall–Kier alpha value is -0.660. The Morgan fingerprint density at radius 3 is 2.82 bits per heavy atom. The molecule has 2 aliphatic heterocycles. The van der Waals surface area contributed by atoms with Gasteiger partial charge in [-0.2, -0.15) is 0 Å². The summed E-state index contributed by atoms with van der Waals surface area (Å²) in [5.74, 6) is 0.117. The summed E-state index contributed by atoms with van der Waals surface area (Å²) in [6.45, 7) is 1.36. The molecule has 0 aromatic rings. The van der Waals surface area contributed by atoms with Gasteiger partial charge in [-0.25, -0.2) is 8.42 Å². The number of nitrogens with zero attached hydrogens (tertiary/aromatic N) is 1. The molecular weight excluding hydrogens is 244 g/mol. The summed E-state index contributed by atoms with van der Waals surface area (Å²) in [6, 6.07) is -0.279. The van der Waals surface area contributed by atoms with Crippen molar-refractivity contribution in [3.8, 4) is 0 Å². The second kappa shape index (κ2) is 4.91. The monoisotopic (exact) mass is 262 g/mol. The zero-order chi connectivity index (χ0) is 12.5. The molecule has 0 aromatic heterocycles. The van der Waals surface area contributed by atoms with E-state index >= 15 is 0 Å². The van der Waals surface area contributed by atoms with Crippen molar-refractivity contribution in [1.82, 2.24) is 10.2 Å². The number of β-amino-alcohol motifs (C(OH)–C–C–N with tert-alkyl or cyclic N) is 1. The van der Waals surface area contributed by atoms with Crippen molar-refractivity contribution >= 4 is 15.7 Å². The Morgan fingerprint density at radius 2 is 2.24 bits per heavy atom. The standard InChI is InChI=1S/C10H18N2O4S/c13-9-1-3-12(6-9)10(14)5-8-7-17(15,16)4-2-11-8/h8-9,11,13H,1-7H2/t8?,9-/m1/s1. The fourth-order valence-corrected chi connectivity index (χ4v) is 3.75. The van der Waals surface area contributed by atoms with E-state index in [0.717, 1.165) is 0 Å². The maximum atomic E-state index is 11.9. The van der Waals surface area contributed by atoms with Gasteiger partial charge in [-0.3, -0.25) is 4.79 Å². The van der Waals surface area contributed by atoms with Crippen LogP contribution in [0, 0.1) is 0 Å². The summed E-state index contributed by atoms with van der Waals surface area (Å²) < 4.78 is 22.8. The summed E-state index contributed by atoms with van der Waals surface area (Å²) >= 11 is 0. The zero-order valence-corrected chi connectivity index (χ0v) is 10.4. The second-order valence-electron chi connectivity index (χ2n) is 4.75. The van der Waals surface area contributed by atoms with E-state index in [1.807, 2.05) is 0 Å². The Balaban J connectivity index is 1.86. The van der Waals surface area contributed by atoms with Gasteiger partial charge in [-0.1, -0.05) is 0 Å². The number of aliphatic hydroxyl groups excluding tert-OH is 1. The first kappa shape index (κ1) is 12.8. The third kappa shape index (κ3) is 3.40. The smallest absolute Gasteiger partial charge is 0.224 e. The van der Waals surface area contributed by atoms with Gasteiger partial charge in [0.2, 0.25) is 5.91 Å². The molecule has 2 N–H and O–H groups in total. The van der Waals surface area contributed by atoms with E-state index < -0.39 is 15.9 Å². The minimum absolute atomic E-state index is 0.0368. The van der Waals surface area contributed by atoms with Crippen molar-refractivity contribution in [2.45, 2.75) is 25.0 Å². The molecule has 2 fully saturated rings. The van der Waals surface area contributed by atoms with Crippen molar-refractivity contribution in [3.05, 3.63) is 0 Å². The highest BCUT2D eigenvalue weighted by molar-refractivity contribution is 7.91. The molecule has 6 nitrogen and oxygen atoms in total. The summed E-state index contributed by atoms with van der Waals surface area (Å²) in [7, 11) is -2.99. The summed E-state index contributed by atoms with van der Waals surface area (Å²) in [4.78, 5) is 13.5. The van der Waals surface area contributed by atoms with Gasteiger partial charge >= 0.3 is 0 Å².